The fourth-order valence-electron chi connectivity index (χ4n) is 3.09. The molecule has 0 N–H and O–H groups in total. The van der Waals surface area contributed by atoms with Gasteiger partial charge in [-0.15, -0.1) is 0 Å². The lowest BCUT2D eigenvalue weighted by Gasteiger charge is -2.15. The first-order valence-corrected chi connectivity index (χ1v) is 5.24. The first-order chi connectivity index (χ1) is 6.74. The van der Waals surface area contributed by atoms with Crippen molar-refractivity contribution in [3.8, 4) is 0 Å². The average molecular weight is 195 g/mol. The summed E-state index contributed by atoms with van der Waals surface area (Å²) in [6.45, 7) is 2.35. The van der Waals surface area contributed by atoms with Crippen molar-refractivity contribution >= 4 is 11.8 Å². The minimum Gasteiger partial charge on any atom is -0.373 e. The molecule has 3 rings (SSSR count). The van der Waals surface area contributed by atoms with Gasteiger partial charge in [0.05, 0.1) is 24.0 Å². The fourth-order valence-corrected chi connectivity index (χ4v) is 3.09. The number of hydrogen-bond acceptors (Lipinski definition) is 3. The maximum Gasteiger partial charge on any atom is 0.235 e. The van der Waals surface area contributed by atoms with Crippen LogP contribution >= 0.6 is 0 Å². The number of ether oxygens (including phenoxy) is 1. The number of nitrogens with zero attached hydrogens (tertiary/aromatic N) is 1. The Bertz CT molecular complexity index is 286. The summed E-state index contributed by atoms with van der Waals surface area (Å²) in [5, 5.41) is 0. The smallest absolute Gasteiger partial charge is 0.235 e. The third kappa shape index (κ3) is 0.780. The molecule has 2 bridgehead atoms. The molecule has 0 radical (unpaired) electrons. The molecule has 76 valence electrons. The summed E-state index contributed by atoms with van der Waals surface area (Å²) >= 11 is 0. The van der Waals surface area contributed by atoms with Crippen molar-refractivity contribution in [3.63, 3.8) is 0 Å². The zero-order valence-electron chi connectivity index (χ0n) is 8.10. The van der Waals surface area contributed by atoms with E-state index in [0.717, 1.165) is 12.8 Å². The molecule has 3 aliphatic heterocycles. The van der Waals surface area contributed by atoms with E-state index in [4.69, 9.17) is 4.74 Å². The second-order valence-electron chi connectivity index (χ2n) is 4.26. The minimum absolute atomic E-state index is 0.00491. The Morgan fingerprint density at radius 1 is 1.21 bits per heavy atom. The van der Waals surface area contributed by atoms with E-state index in [0.29, 0.717) is 6.54 Å². The molecule has 3 heterocycles. The van der Waals surface area contributed by atoms with Gasteiger partial charge in [0.25, 0.3) is 0 Å². The molecule has 3 fully saturated rings. The Balaban J connectivity index is 1.98. The minimum atomic E-state index is -0.152. The lowest BCUT2D eigenvalue weighted by atomic mass is 9.81. The summed E-state index contributed by atoms with van der Waals surface area (Å²) in [6, 6.07) is 0. The predicted molar refractivity (Wildman–Crippen MR) is 47.3 cm³/mol. The van der Waals surface area contributed by atoms with Gasteiger partial charge in [-0.25, -0.2) is 0 Å². The van der Waals surface area contributed by atoms with Crippen LogP contribution in [0.15, 0.2) is 0 Å². The zero-order chi connectivity index (χ0) is 9.87. The van der Waals surface area contributed by atoms with Crippen LogP contribution < -0.4 is 0 Å². The molecule has 0 saturated carbocycles. The quantitative estimate of drug-likeness (QED) is 0.560. The summed E-state index contributed by atoms with van der Waals surface area (Å²) in [6.07, 6.45) is 1.95. The molecule has 2 amide bonds. The van der Waals surface area contributed by atoms with Crippen LogP contribution in [0.1, 0.15) is 19.8 Å². The van der Waals surface area contributed by atoms with Crippen LogP contribution in [-0.2, 0) is 14.3 Å². The second-order valence-corrected chi connectivity index (χ2v) is 4.26. The standard InChI is InChI=1S/C10H13NO3/c1-2-11-9(12)7-5-3-4-6(14-5)8(7)10(11)13/h5-8H,2-4H2,1H3. The predicted octanol–water partition coefficient (Wildman–Crippen LogP) is 0.169. The lowest BCUT2D eigenvalue weighted by molar-refractivity contribution is -0.142. The molecule has 3 saturated heterocycles. The zero-order valence-corrected chi connectivity index (χ0v) is 8.10. The van der Waals surface area contributed by atoms with Gasteiger partial charge in [-0.3, -0.25) is 14.5 Å². The van der Waals surface area contributed by atoms with Gasteiger partial charge in [0, 0.05) is 6.54 Å². The number of amides is 2. The van der Waals surface area contributed by atoms with Crippen molar-refractivity contribution < 1.29 is 14.3 Å². The van der Waals surface area contributed by atoms with Crippen molar-refractivity contribution in [1.29, 1.82) is 0 Å². The summed E-state index contributed by atoms with van der Waals surface area (Å²) in [4.78, 5) is 25.1. The number of fused-ring (bicyclic) bond motifs is 5. The van der Waals surface area contributed by atoms with Crippen LogP contribution in [0.4, 0.5) is 0 Å². The summed E-state index contributed by atoms with van der Waals surface area (Å²) in [7, 11) is 0. The Kier molecular flexibility index (Phi) is 1.54. The number of imide groups is 1. The highest BCUT2D eigenvalue weighted by atomic mass is 16.5. The van der Waals surface area contributed by atoms with Crippen LogP contribution in [0.3, 0.4) is 0 Å². The van der Waals surface area contributed by atoms with Gasteiger partial charge in [-0.05, 0) is 19.8 Å². The molecular weight excluding hydrogens is 182 g/mol. The first-order valence-electron chi connectivity index (χ1n) is 5.24. The van der Waals surface area contributed by atoms with Gasteiger partial charge in [-0.2, -0.15) is 0 Å². The molecular formula is C10H13NO3. The Labute approximate surface area is 82.2 Å². The van der Waals surface area contributed by atoms with Crippen LogP contribution in [0.25, 0.3) is 0 Å². The highest BCUT2D eigenvalue weighted by Gasteiger charge is 2.61. The molecule has 4 nitrogen and oxygen atoms in total. The first kappa shape index (κ1) is 8.41. The van der Waals surface area contributed by atoms with E-state index < -0.39 is 0 Å². The number of carbonyl (C=O) groups is 2. The summed E-state index contributed by atoms with van der Waals surface area (Å²) in [5.74, 6) is -0.313. The highest BCUT2D eigenvalue weighted by Crippen LogP contribution is 2.48. The molecule has 4 heteroatoms. The van der Waals surface area contributed by atoms with E-state index in [1.165, 1.54) is 4.90 Å². The molecule has 4 unspecified atom stereocenters. The van der Waals surface area contributed by atoms with Crippen molar-refractivity contribution in [2.75, 3.05) is 6.54 Å². The van der Waals surface area contributed by atoms with Gasteiger partial charge in [0.1, 0.15) is 0 Å². The maximum atomic E-state index is 11.8. The molecule has 0 spiro atoms. The fraction of sp³-hybridized carbons (Fsp3) is 0.800. The molecule has 0 aromatic rings. The van der Waals surface area contributed by atoms with E-state index in [2.05, 4.69) is 0 Å². The van der Waals surface area contributed by atoms with Crippen molar-refractivity contribution in [1.82, 2.24) is 4.90 Å². The average Bonchev–Trinajstić information content (AvgIpc) is 2.80. The van der Waals surface area contributed by atoms with Gasteiger partial charge < -0.3 is 4.74 Å². The monoisotopic (exact) mass is 195 g/mol. The van der Waals surface area contributed by atoms with Crippen LogP contribution in [0, 0.1) is 11.8 Å². The third-order valence-corrected chi connectivity index (χ3v) is 3.69. The van der Waals surface area contributed by atoms with Crippen molar-refractivity contribution in [3.05, 3.63) is 0 Å². The van der Waals surface area contributed by atoms with E-state index >= 15 is 0 Å². The molecule has 0 aliphatic carbocycles. The van der Waals surface area contributed by atoms with Crippen LogP contribution in [-0.4, -0.2) is 35.5 Å². The normalized spacial score (nSPS) is 45.1. The largest absolute Gasteiger partial charge is 0.373 e. The number of likely N-dealkylation sites (tertiary alicyclic amines) is 1. The maximum absolute atomic E-state index is 11.8. The molecule has 0 aromatic carbocycles. The molecule has 3 aliphatic rings. The van der Waals surface area contributed by atoms with E-state index in [1.54, 1.807) is 0 Å². The van der Waals surface area contributed by atoms with E-state index in [1.807, 2.05) is 6.92 Å². The van der Waals surface area contributed by atoms with Gasteiger partial charge in [0.2, 0.25) is 11.8 Å². The van der Waals surface area contributed by atoms with Crippen molar-refractivity contribution in [2.24, 2.45) is 11.8 Å². The van der Waals surface area contributed by atoms with Crippen LogP contribution in [0.5, 0.6) is 0 Å². The Morgan fingerprint density at radius 2 is 1.71 bits per heavy atom. The summed E-state index contributed by atoms with van der Waals surface area (Å²) < 4.78 is 5.60. The number of rotatable bonds is 1. The molecule has 4 atom stereocenters. The van der Waals surface area contributed by atoms with E-state index in [9.17, 15) is 9.59 Å². The summed E-state index contributed by atoms with van der Waals surface area (Å²) in [5.41, 5.74) is 0. The van der Waals surface area contributed by atoms with Gasteiger partial charge in [0.15, 0.2) is 0 Å². The topological polar surface area (TPSA) is 46.6 Å². The number of carbonyl (C=O) groups excluding carboxylic acids is 2. The Morgan fingerprint density at radius 3 is 2.14 bits per heavy atom. The molecule has 14 heavy (non-hydrogen) atoms. The van der Waals surface area contributed by atoms with Crippen LogP contribution in [0.2, 0.25) is 0 Å². The van der Waals surface area contributed by atoms with E-state index in [-0.39, 0.29) is 35.9 Å². The number of hydrogen-bond donors (Lipinski definition) is 0. The third-order valence-electron chi connectivity index (χ3n) is 3.69. The van der Waals surface area contributed by atoms with Gasteiger partial charge >= 0.3 is 0 Å². The second kappa shape index (κ2) is 2.57. The van der Waals surface area contributed by atoms with Crippen molar-refractivity contribution in [2.45, 2.75) is 32.0 Å². The Hall–Kier alpha value is -0.900. The lowest BCUT2D eigenvalue weighted by Crippen LogP contribution is -2.33. The highest BCUT2D eigenvalue weighted by molar-refractivity contribution is 6.06. The molecule has 0 aromatic heterocycles. The SMILES string of the molecule is CCN1C(=O)C2C3CCC(O3)C2C1=O. The van der Waals surface area contributed by atoms with Gasteiger partial charge in [-0.1, -0.05) is 0 Å².